The van der Waals surface area contributed by atoms with Crippen LogP contribution in [0, 0.1) is 10.1 Å². The van der Waals surface area contributed by atoms with Gasteiger partial charge in [-0.25, -0.2) is 0 Å². The lowest BCUT2D eigenvalue weighted by Gasteiger charge is -2.10. The number of amides is 1. The first kappa shape index (κ1) is 18.7. The summed E-state index contributed by atoms with van der Waals surface area (Å²) in [4.78, 5) is 25.8. The van der Waals surface area contributed by atoms with Gasteiger partial charge in [0.05, 0.1) is 34.2 Å². The summed E-state index contributed by atoms with van der Waals surface area (Å²) in [7, 11) is 0. The molecule has 0 aliphatic heterocycles. The van der Waals surface area contributed by atoms with E-state index in [2.05, 4.69) is 10.3 Å². The maximum atomic E-state index is 12.5. The van der Waals surface area contributed by atoms with E-state index in [1.54, 1.807) is 6.07 Å². The minimum absolute atomic E-state index is 0.0607. The van der Waals surface area contributed by atoms with Crippen molar-refractivity contribution in [2.24, 2.45) is 0 Å². The van der Waals surface area contributed by atoms with Gasteiger partial charge in [-0.3, -0.25) is 19.9 Å². The fourth-order valence-electron chi connectivity index (χ4n) is 2.01. The van der Waals surface area contributed by atoms with Gasteiger partial charge in [-0.05, 0) is 6.07 Å². The summed E-state index contributed by atoms with van der Waals surface area (Å²) in [6, 6.07) is 6.48. The molecule has 0 spiro atoms. The first-order chi connectivity index (χ1) is 11.7. The van der Waals surface area contributed by atoms with Crippen LogP contribution in [0.2, 0.25) is 5.02 Å². The number of alkyl halides is 3. The van der Waals surface area contributed by atoms with E-state index >= 15 is 0 Å². The van der Waals surface area contributed by atoms with E-state index in [0.717, 1.165) is 6.07 Å². The van der Waals surface area contributed by atoms with Gasteiger partial charge in [0.15, 0.2) is 0 Å². The normalized spacial score (nSPS) is 11.2. The van der Waals surface area contributed by atoms with Gasteiger partial charge in [0.1, 0.15) is 0 Å². The van der Waals surface area contributed by atoms with E-state index in [0.29, 0.717) is 6.20 Å². The van der Waals surface area contributed by atoms with E-state index in [1.807, 2.05) is 0 Å². The van der Waals surface area contributed by atoms with Crippen LogP contribution in [0.5, 0.6) is 0 Å². The van der Waals surface area contributed by atoms with Crippen molar-refractivity contribution in [3.05, 3.63) is 68.5 Å². The molecule has 2 aromatic rings. The zero-order valence-corrected chi connectivity index (χ0v) is 13.3. The summed E-state index contributed by atoms with van der Waals surface area (Å²) in [6.45, 7) is -0.198. The second kappa shape index (κ2) is 7.47. The number of halogens is 4. The third-order valence-electron chi connectivity index (χ3n) is 3.24. The lowest BCUT2D eigenvalue weighted by atomic mass is 10.1. The van der Waals surface area contributed by atoms with Crippen molar-refractivity contribution < 1.29 is 22.9 Å². The molecule has 132 valence electrons. The van der Waals surface area contributed by atoms with Gasteiger partial charge in [-0.2, -0.15) is 13.2 Å². The molecule has 0 saturated carbocycles. The van der Waals surface area contributed by atoms with Crippen molar-refractivity contribution in [2.45, 2.75) is 19.1 Å². The molecule has 6 nitrogen and oxygen atoms in total. The summed E-state index contributed by atoms with van der Waals surface area (Å²) in [5.74, 6) is -0.549. The molecule has 0 bridgehead atoms. The van der Waals surface area contributed by atoms with Crippen LogP contribution < -0.4 is 5.32 Å². The Kier molecular flexibility index (Phi) is 5.58. The number of hydrogen-bond acceptors (Lipinski definition) is 4. The number of aromatic nitrogens is 1. The van der Waals surface area contributed by atoms with Gasteiger partial charge >= 0.3 is 6.18 Å². The van der Waals surface area contributed by atoms with Gasteiger partial charge in [-0.15, -0.1) is 0 Å². The highest BCUT2D eigenvalue weighted by Crippen LogP contribution is 2.31. The molecule has 10 heteroatoms. The molecule has 1 amide bonds. The Labute approximate surface area is 144 Å². The molecule has 0 atom stereocenters. The van der Waals surface area contributed by atoms with Crippen LogP contribution >= 0.6 is 11.6 Å². The molecule has 0 saturated heterocycles. The molecule has 1 aromatic carbocycles. The predicted molar refractivity (Wildman–Crippen MR) is 82.9 cm³/mol. The second-order valence-electron chi connectivity index (χ2n) is 4.99. The Balaban J connectivity index is 2.03. The number of benzene rings is 1. The van der Waals surface area contributed by atoms with Crippen LogP contribution in [-0.4, -0.2) is 15.8 Å². The van der Waals surface area contributed by atoms with Crippen LogP contribution in [0.15, 0.2) is 36.5 Å². The maximum Gasteiger partial charge on any atom is 0.417 e. The van der Waals surface area contributed by atoms with Crippen molar-refractivity contribution in [1.82, 2.24) is 10.3 Å². The number of carbonyl (C=O) groups is 1. The highest BCUT2D eigenvalue weighted by Gasteiger charge is 2.31. The fraction of sp³-hybridized carbons (Fsp3) is 0.200. The molecular weight excluding hydrogens is 363 g/mol. The first-order valence-corrected chi connectivity index (χ1v) is 7.27. The molecule has 0 radical (unpaired) electrons. The standard InChI is InChI=1S/C15H11ClF3N3O3/c16-11-6-10(15(17,18)19)7-20-12(11)8-21-14(23)5-9-3-1-2-4-13(9)22(24)25/h1-4,6-7H,5,8H2,(H,21,23). The summed E-state index contributed by atoms with van der Waals surface area (Å²) in [6.07, 6.45) is -4.20. The number of nitrogens with one attached hydrogen (secondary N) is 1. The van der Waals surface area contributed by atoms with Crippen LogP contribution in [-0.2, 0) is 23.9 Å². The fourth-order valence-corrected chi connectivity index (χ4v) is 2.24. The number of para-hydroxylation sites is 1. The zero-order chi connectivity index (χ0) is 18.6. The first-order valence-electron chi connectivity index (χ1n) is 6.89. The van der Waals surface area contributed by atoms with Crippen LogP contribution in [0.25, 0.3) is 0 Å². The molecule has 0 fully saturated rings. The van der Waals surface area contributed by atoms with Gasteiger partial charge in [0.2, 0.25) is 5.91 Å². The Morgan fingerprint density at radius 2 is 2.00 bits per heavy atom. The largest absolute Gasteiger partial charge is 0.417 e. The summed E-state index contributed by atoms with van der Waals surface area (Å²) in [5.41, 5.74) is -0.905. The number of nitrogens with zero attached hydrogens (tertiary/aromatic N) is 2. The molecule has 0 unspecified atom stereocenters. The molecule has 1 heterocycles. The minimum atomic E-state index is -4.56. The van der Waals surface area contributed by atoms with Gasteiger partial charge in [0, 0.05) is 17.8 Å². The predicted octanol–water partition coefficient (Wildman–Crippen LogP) is 3.52. The summed E-state index contributed by atoms with van der Waals surface area (Å²) < 4.78 is 37.6. The average molecular weight is 374 g/mol. The second-order valence-corrected chi connectivity index (χ2v) is 5.40. The number of nitro groups is 1. The van der Waals surface area contributed by atoms with Crippen molar-refractivity contribution in [2.75, 3.05) is 0 Å². The van der Waals surface area contributed by atoms with E-state index in [-0.39, 0.29) is 34.9 Å². The highest BCUT2D eigenvalue weighted by atomic mass is 35.5. The van der Waals surface area contributed by atoms with E-state index < -0.39 is 22.6 Å². The topological polar surface area (TPSA) is 85.1 Å². The molecule has 0 aliphatic rings. The van der Waals surface area contributed by atoms with Crippen molar-refractivity contribution in [3.63, 3.8) is 0 Å². The molecule has 2 rings (SSSR count). The number of nitro benzene ring substituents is 1. The maximum absolute atomic E-state index is 12.5. The lowest BCUT2D eigenvalue weighted by Crippen LogP contribution is -2.25. The summed E-state index contributed by atoms with van der Waals surface area (Å²) in [5, 5.41) is 13.1. The molecule has 1 N–H and O–H groups in total. The Morgan fingerprint density at radius 1 is 1.32 bits per heavy atom. The van der Waals surface area contributed by atoms with E-state index in [1.165, 1.54) is 18.2 Å². The van der Waals surface area contributed by atoms with Crippen LogP contribution in [0.4, 0.5) is 18.9 Å². The van der Waals surface area contributed by atoms with Crippen LogP contribution in [0.3, 0.4) is 0 Å². The van der Waals surface area contributed by atoms with Crippen molar-refractivity contribution in [3.8, 4) is 0 Å². The molecule has 25 heavy (non-hydrogen) atoms. The molecule has 1 aromatic heterocycles. The average Bonchev–Trinajstić information content (AvgIpc) is 2.53. The molecular formula is C15H11ClF3N3O3. The quantitative estimate of drug-likeness (QED) is 0.642. The van der Waals surface area contributed by atoms with E-state index in [4.69, 9.17) is 11.6 Å². The van der Waals surface area contributed by atoms with Gasteiger partial charge in [0.25, 0.3) is 5.69 Å². The Bertz CT molecular complexity index is 812. The van der Waals surface area contributed by atoms with Gasteiger partial charge in [-0.1, -0.05) is 29.8 Å². The number of pyridine rings is 1. The number of rotatable bonds is 5. The summed E-state index contributed by atoms with van der Waals surface area (Å²) >= 11 is 5.74. The van der Waals surface area contributed by atoms with Crippen LogP contribution in [0.1, 0.15) is 16.8 Å². The lowest BCUT2D eigenvalue weighted by molar-refractivity contribution is -0.385. The number of carbonyl (C=O) groups excluding carboxylic acids is 1. The Hall–Kier alpha value is -2.68. The zero-order valence-electron chi connectivity index (χ0n) is 12.5. The highest BCUT2D eigenvalue weighted by molar-refractivity contribution is 6.31. The third-order valence-corrected chi connectivity index (χ3v) is 3.56. The SMILES string of the molecule is O=C(Cc1ccccc1[N+](=O)[O-])NCc1ncc(C(F)(F)F)cc1Cl. The number of hydrogen-bond donors (Lipinski definition) is 1. The smallest absolute Gasteiger partial charge is 0.350 e. The van der Waals surface area contributed by atoms with Crippen molar-refractivity contribution >= 4 is 23.2 Å². The molecule has 0 aliphatic carbocycles. The minimum Gasteiger partial charge on any atom is -0.350 e. The van der Waals surface area contributed by atoms with Crippen molar-refractivity contribution in [1.29, 1.82) is 0 Å². The van der Waals surface area contributed by atoms with E-state index in [9.17, 15) is 28.1 Å². The van der Waals surface area contributed by atoms with Gasteiger partial charge < -0.3 is 5.32 Å². The third kappa shape index (κ3) is 4.90. The Morgan fingerprint density at radius 3 is 2.60 bits per heavy atom. The monoisotopic (exact) mass is 373 g/mol.